The molecule has 0 aromatic rings. The van der Waals surface area contributed by atoms with E-state index in [0.717, 1.165) is 174 Å². The van der Waals surface area contributed by atoms with Crippen molar-refractivity contribution in [1.29, 1.82) is 0 Å². The van der Waals surface area contributed by atoms with Crippen LogP contribution in [-0.4, -0.2) is 215 Å². The highest BCUT2D eigenvalue weighted by Crippen LogP contribution is 2.10. The predicted molar refractivity (Wildman–Crippen MR) is 479 cm³/mol. The molecule has 0 radical (unpaired) electrons. The zero-order valence-electron chi connectivity index (χ0n) is 77.0. The number of amides is 5. The molecule has 0 spiro atoms. The fourth-order valence-electron chi connectivity index (χ4n) is 9.65. The third-order valence-electron chi connectivity index (χ3n) is 16.6. The summed E-state index contributed by atoms with van der Waals surface area (Å²) in [4.78, 5) is 173. The molecule has 0 heterocycles. The zero-order valence-corrected chi connectivity index (χ0v) is 79.4. The van der Waals surface area contributed by atoms with Gasteiger partial charge in [-0.3, -0.25) is 52.7 Å². The molecule has 0 aromatic heterocycles. The lowest BCUT2D eigenvalue weighted by Crippen LogP contribution is -2.32. The maximum atomic E-state index is 11.5. The zero-order chi connectivity index (χ0) is 93.8. The van der Waals surface area contributed by atoms with Crippen molar-refractivity contribution in [3.05, 3.63) is 0 Å². The Bertz CT molecular complexity index is 2940. The molecule has 0 aliphatic rings. The lowest BCUT2D eigenvalue weighted by Gasteiger charge is -2.05. The largest absolute Gasteiger partial charge is 0.469 e. The molecule has 0 saturated heterocycles. The maximum Gasteiger partial charge on any atom is 0.306 e. The molecule has 0 atom stereocenters. The monoisotopic (exact) mass is 1790 g/mol. The second-order valence-electron chi connectivity index (χ2n) is 29.2. The average Bonchev–Trinajstić information content (AvgIpc) is 0.992. The van der Waals surface area contributed by atoms with E-state index in [4.69, 9.17) is 17.0 Å². The van der Waals surface area contributed by atoms with Gasteiger partial charge in [0.25, 0.3) is 0 Å². The Kier molecular flexibility index (Phi) is 103. The summed E-state index contributed by atoms with van der Waals surface area (Å²) in [6, 6.07) is 0. The minimum Gasteiger partial charge on any atom is -0.469 e. The molecule has 0 fully saturated rings. The quantitative estimate of drug-likeness (QED) is 0.0121. The van der Waals surface area contributed by atoms with Gasteiger partial charge in [0.2, 0.25) is 39.6 Å². The Hall–Kier alpha value is -7.53. The van der Waals surface area contributed by atoms with Gasteiger partial charge in [0.1, 0.15) is 50.3 Å². The first-order valence-corrected chi connectivity index (χ1v) is 47.6. The van der Waals surface area contributed by atoms with Crippen LogP contribution in [0.15, 0.2) is 0 Å². The van der Waals surface area contributed by atoms with Crippen molar-refractivity contribution >= 4 is 131 Å². The smallest absolute Gasteiger partial charge is 0.306 e. The number of ketones is 7. The summed E-state index contributed by atoms with van der Waals surface area (Å²) in [5.74, 6) is 0.280. The van der Waals surface area contributed by atoms with Gasteiger partial charge in [-0.05, 0) is 156 Å². The number of Topliss-reactive ketones (excluding diaryl/α,β-unsaturated/α-hetero) is 7. The average molecular weight is 1790 g/mol. The third-order valence-corrected chi connectivity index (χ3v) is 18.7. The van der Waals surface area contributed by atoms with E-state index >= 15 is 0 Å². The first-order chi connectivity index (χ1) is 57.0. The van der Waals surface area contributed by atoms with Crippen molar-refractivity contribution in [2.75, 3.05) is 99.1 Å². The molecule has 32 nitrogen and oxygen atoms in total. The molecule has 0 saturated carbocycles. The summed E-state index contributed by atoms with van der Waals surface area (Å²) in [5.41, 5.74) is 0. The molecule has 0 unspecified atom stereocenters. The number of methoxy groups -OCH3 is 3. The van der Waals surface area contributed by atoms with Crippen molar-refractivity contribution < 1.29 is 112 Å². The Morgan fingerprint density at radius 3 is 0.893 bits per heavy atom. The van der Waals surface area contributed by atoms with Gasteiger partial charge in [-0.1, -0.05) is 90.9 Å². The van der Waals surface area contributed by atoms with E-state index in [9.17, 15) is 93.5 Å². The molecule has 8 N–H and O–H groups in total. The second kappa shape index (κ2) is 96.3. The molecule has 0 aromatic carbocycles. The van der Waals surface area contributed by atoms with Crippen molar-refractivity contribution in [1.82, 2.24) is 41.9 Å². The van der Waals surface area contributed by atoms with Crippen molar-refractivity contribution in [3.8, 4) is 0 Å². The molecule has 5 amide bonds. The molecule has 708 valence electrons. The van der Waals surface area contributed by atoms with Crippen LogP contribution in [0.4, 0.5) is 0 Å². The van der Waals surface area contributed by atoms with Crippen LogP contribution in [-0.2, 0) is 116 Å². The second-order valence-corrected chi connectivity index (χ2v) is 33.7. The molecule has 0 bridgehead atoms. The molecule has 35 heteroatoms. The molecule has 0 aliphatic carbocycles. The number of sulfonamides is 1. The fourth-order valence-corrected chi connectivity index (χ4v) is 11.0. The highest BCUT2D eigenvalue weighted by atomic mass is 32.2. The number of esters is 4. The Labute approximate surface area is 732 Å². The van der Waals surface area contributed by atoms with E-state index in [1.54, 1.807) is 48.6 Å². The first-order valence-electron chi connectivity index (χ1n) is 43.2. The summed E-state index contributed by atoms with van der Waals surface area (Å²) < 4.78 is 63.5. The van der Waals surface area contributed by atoms with E-state index in [1.807, 2.05) is 0 Å². The third kappa shape index (κ3) is 142. The van der Waals surface area contributed by atoms with E-state index in [0.29, 0.717) is 115 Å². The van der Waals surface area contributed by atoms with Gasteiger partial charge >= 0.3 is 23.9 Å². The van der Waals surface area contributed by atoms with E-state index in [2.05, 4.69) is 63.1 Å². The number of rotatable bonds is 65. The van der Waals surface area contributed by atoms with E-state index in [1.165, 1.54) is 74.0 Å². The van der Waals surface area contributed by atoms with Crippen LogP contribution in [0.25, 0.3) is 0 Å². The van der Waals surface area contributed by atoms with Gasteiger partial charge in [-0.2, -0.15) is 0 Å². The van der Waals surface area contributed by atoms with Crippen LogP contribution >= 0.6 is 12.2 Å². The summed E-state index contributed by atoms with van der Waals surface area (Å²) in [7, 11) is -0.195. The number of unbranched alkanes of at least 4 members (excludes halogenated alkanes) is 20. The van der Waals surface area contributed by atoms with Crippen LogP contribution in [0.1, 0.15) is 352 Å². The van der Waals surface area contributed by atoms with Crippen LogP contribution in [0.2, 0.25) is 0 Å². The number of hydrogen-bond donors (Lipinski definition) is 8. The Morgan fingerprint density at radius 1 is 0.298 bits per heavy atom. The Balaban J connectivity index is -0.000000203. The standard InChI is InChI=1S/C15H29NO4S.C15H29NO2.C12H21NO4.C11H19NO5.C9H18N2OS.C9H17NO2.C8H17NO3S.C7H12O3/c1-14(17)10-6-5-8-12-16-15(18)11-7-3-4-9-13-21(2,19)20;1-3-4-5-6-9-12-15(18)16-13-10-7-8-11-14(2)17;1-10(14)13-9-5-3-4-6-11(15)7-8-12(16)17-2;1-9(13)12-7-3-4-8-17-11(15)6-5-10(14)16-2;1-8(12)6-4-3-5-7-11-9(13)10-2;1-8(11)6-4-3-5-7-10-9(2)12;1-8(10)6-4-3-5-7-9-13(2,11)12;1-3-6(8)4-5-7(9)10-2/h3-13H2,1-2H3,(H,16,18);3-13H2,1-2H3,(H,16,18);3-9H2,1-2H3,(H,13,14);3-8H2,1-2H3,(H,12,13);3-7H2,1-2H3,(H2,10,11,13);3-7H2,1-2H3,(H,10,12);9H,3-7H2,1-2H3;3-5H2,1-2H3. The van der Waals surface area contributed by atoms with Gasteiger partial charge in [0.05, 0.1) is 59.9 Å². The highest BCUT2D eigenvalue weighted by Gasteiger charge is 2.11. The minimum atomic E-state index is -3.04. The number of carbonyl (C=O) groups is 16. The minimum absolute atomic E-state index is 0.0153. The number of nitrogens with one attached hydrogen (secondary N) is 8. The van der Waals surface area contributed by atoms with Crippen molar-refractivity contribution in [3.63, 3.8) is 0 Å². The predicted octanol–water partition coefficient (Wildman–Crippen LogP) is 11.6. The van der Waals surface area contributed by atoms with Gasteiger partial charge < -0.3 is 80.1 Å². The topological polar surface area (TPSA) is 475 Å². The van der Waals surface area contributed by atoms with Gasteiger partial charge in [-0.25, -0.2) is 21.6 Å². The van der Waals surface area contributed by atoms with Crippen LogP contribution in [0.5, 0.6) is 0 Å². The Morgan fingerprint density at radius 2 is 0.579 bits per heavy atom. The van der Waals surface area contributed by atoms with Crippen molar-refractivity contribution in [2.24, 2.45) is 0 Å². The van der Waals surface area contributed by atoms with Crippen molar-refractivity contribution in [2.45, 2.75) is 352 Å². The summed E-state index contributed by atoms with van der Waals surface area (Å²) >= 11 is 4.90. The van der Waals surface area contributed by atoms with Gasteiger partial charge in [0, 0.05) is 156 Å². The van der Waals surface area contributed by atoms with Crippen LogP contribution in [0.3, 0.4) is 0 Å². The first kappa shape index (κ1) is 129. The number of sulfone groups is 1. The fraction of sp³-hybridized carbons (Fsp3) is 0.802. The molecule has 121 heavy (non-hydrogen) atoms. The lowest BCUT2D eigenvalue weighted by atomic mass is 10.1. The molecule has 0 aliphatic heterocycles. The van der Waals surface area contributed by atoms with E-state index in [-0.39, 0.29) is 120 Å². The normalized spacial score (nSPS) is 10.1. The molecular formula is C86H162N8O24S3. The summed E-state index contributed by atoms with van der Waals surface area (Å²) in [6.45, 7) is 21.5. The van der Waals surface area contributed by atoms with Crippen LogP contribution in [0, 0.1) is 0 Å². The maximum absolute atomic E-state index is 11.5. The summed E-state index contributed by atoms with van der Waals surface area (Å²) in [5, 5.41) is 20.4. The van der Waals surface area contributed by atoms with Gasteiger partial charge in [0.15, 0.2) is 5.11 Å². The number of carbonyl (C=O) groups excluding carboxylic acids is 16. The number of ether oxygens (including phenoxy) is 4. The SMILES string of the molecule is CC(=O)CCCCCNC(=O)CCCCCCS(C)(=O)=O.CC(=O)CCCCCNC(C)=O.CC(=O)CCCCCNS(C)(=O)=O.CCC(=O)CCC(=O)OC.CCCCCCCC(=O)NCCCCCC(C)=O.CNC(=S)NCCCCCC(C)=O.COC(=O)CCC(=O)CCCCCNC(C)=O.COC(=O)CCC(=O)OCCCCNC(C)=O. The van der Waals surface area contributed by atoms with E-state index < -0.39 is 31.8 Å². The van der Waals surface area contributed by atoms with Crippen LogP contribution < -0.4 is 41.9 Å². The summed E-state index contributed by atoms with van der Waals surface area (Å²) in [6.07, 6.45) is 36.4. The number of hydrogen-bond acceptors (Lipinski definition) is 25. The lowest BCUT2D eigenvalue weighted by molar-refractivity contribution is -0.149. The molecule has 0 rings (SSSR count). The number of thiocarbonyl (C=S) groups is 1. The molecular weight excluding hydrogens is 1630 g/mol. The highest BCUT2D eigenvalue weighted by molar-refractivity contribution is 7.90. The van der Waals surface area contributed by atoms with Gasteiger partial charge in [-0.15, -0.1) is 0 Å².